The molecular formula is C22H28N2O4S. The number of benzene rings is 2. The molecule has 1 saturated heterocycles. The molecule has 0 aromatic heterocycles. The fraction of sp³-hybridized carbons (Fsp3) is 0.409. The average molecular weight is 417 g/mol. The predicted octanol–water partition coefficient (Wildman–Crippen LogP) is 3.09. The smallest absolute Gasteiger partial charge is 0.244 e. The minimum atomic E-state index is -3.76. The van der Waals surface area contributed by atoms with Crippen LogP contribution in [0.25, 0.3) is 0 Å². The standard InChI is InChI=1S/C22H28N2O4S/c1-15-12-16(2)21(17(3)13-15)29(26,27)24-11-7-9-19(24)22(25)23-14-18-8-5-6-10-20(18)28-4/h5-6,8,10,12-13,19H,7,9,11,14H2,1-4H3,(H,23,25)/t19-/m0/s1. The number of ether oxygens (including phenoxy) is 1. The third-order valence-electron chi connectivity index (χ3n) is 5.32. The lowest BCUT2D eigenvalue weighted by Crippen LogP contribution is -2.46. The van der Waals surface area contributed by atoms with Crippen molar-refractivity contribution in [2.75, 3.05) is 13.7 Å². The maximum Gasteiger partial charge on any atom is 0.244 e. The molecule has 1 aliphatic heterocycles. The van der Waals surface area contributed by atoms with Crippen molar-refractivity contribution in [1.29, 1.82) is 0 Å². The average Bonchev–Trinajstić information content (AvgIpc) is 3.16. The Hall–Kier alpha value is -2.38. The molecule has 29 heavy (non-hydrogen) atoms. The van der Waals surface area contributed by atoms with Crippen LogP contribution in [0, 0.1) is 20.8 Å². The van der Waals surface area contributed by atoms with E-state index in [1.165, 1.54) is 4.31 Å². The summed E-state index contributed by atoms with van der Waals surface area (Å²) in [6.07, 6.45) is 1.18. The number of aryl methyl sites for hydroxylation is 3. The zero-order valence-electron chi connectivity index (χ0n) is 17.4. The Morgan fingerprint density at radius 3 is 2.48 bits per heavy atom. The number of hydrogen-bond donors (Lipinski definition) is 1. The Morgan fingerprint density at radius 2 is 1.83 bits per heavy atom. The fourth-order valence-corrected chi connectivity index (χ4v) is 6.20. The minimum absolute atomic E-state index is 0.278. The van der Waals surface area contributed by atoms with Gasteiger partial charge in [-0.25, -0.2) is 8.42 Å². The molecule has 1 amide bonds. The second-order valence-electron chi connectivity index (χ2n) is 7.53. The Balaban J connectivity index is 1.81. The molecule has 6 nitrogen and oxygen atoms in total. The molecule has 156 valence electrons. The highest BCUT2D eigenvalue weighted by molar-refractivity contribution is 7.89. The molecule has 1 atom stereocenters. The van der Waals surface area contributed by atoms with Gasteiger partial charge >= 0.3 is 0 Å². The van der Waals surface area contributed by atoms with Crippen molar-refractivity contribution in [2.45, 2.75) is 51.1 Å². The Bertz CT molecular complexity index is 994. The molecule has 2 aromatic rings. The first kappa shape index (κ1) is 21.3. The van der Waals surface area contributed by atoms with Gasteiger partial charge in [-0.1, -0.05) is 35.9 Å². The number of hydrogen-bond acceptors (Lipinski definition) is 4. The van der Waals surface area contributed by atoms with Gasteiger partial charge in [-0.2, -0.15) is 4.31 Å². The van der Waals surface area contributed by atoms with Crippen LogP contribution in [0.3, 0.4) is 0 Å². The number of amides is 1. The predicted molar refractivity (Wildman–Crippen MR) is 112 cm³/mol. The van der Waals surface area contributed by atoms with E-state index in [1.54, 1.807) is 21.0 Å². The molecule has 1 heterocycles. The highest BCUT2D eigenvalue weighted by Gasteiger charge is 2.40. The van der Waals surface area contributed by atoms with E-state index in [9.17, 15) is 13.2 Å². The molecule has 7 heteroatoms. The van der Waals surface area contributed by atoms with Gasteiger partial charge in [0.2, 0.25) is 15.9 Å². The molecular weight excluding hydrogens is 388 g/mol. The number of nitrogens with zero attached hydrogens (tertiary/aromatic N) is 1. The van der Waals surface area contributed by atoms with Crippen molar-refractivity contribution >= 4 is 15.9 Å². The van der Waals surface area contributed by atoms with Crippen LogP contribution in [0.15, 0.2) is 41.3 Å². The summed E-state index contributed by atoms with van der Waals surface area (Å²) >= 11 is 0. The summed E-state index contributed by atoms with van der Waals surface area (Å²) in [5, 5.41) is 2.88. The Labute approximate surface area is 172 Å². The van der Waals surface area contributed by atoms with E-state index < -0.39 is 16.1 Å². The first-order chi connectivity index (χ1) is 13.8. The molecule has 1 N–H and O–H groups in total. The van der Waals surface area contributed by atoms with Crippen LogP contribution in [0.4, 0.5) is 0 Å². The zero-order valence-corrected chi connectivity index (χ0v) is 18.2. The summed E-state index contributed by atoms with van der Waals surface area (Å²) in [5.41, 5.74) is 3.29. The first-order valence-corrected chi connectivity index (χ1v) is 11.2. The molecule has 0 spiro atoms. The van der Waals surface area contributed by atoms with Crippen molar-refractivity contribution in [1.82, 2.24) is 9.62 Å². The number of carbonyl (C=O) groups excluding carboxylic acids is 1. The molecule has 1 fully saturated rings. The van der Waals surface area contributed by atoms with E-state index in [2.05, 4.69) is 5.32 Å². The van der Waals surface area contributed by atoms with Crippen LogP contribution in [0.2, 0.25) is 0 Å². The second-order valence-corrected chi connectivity index (χ2v) is 9.36. The van der Waals surface area contributed by atoms with Crippen LogP contribution in [0.1, 0.15) is 35.1 Å². The summed E-state index contributed by atoms with van der Waals surface area (Å²) in [6.45, 7) is 6.19. The largest absolute Gasteiger partial charge is 0.496 e. The topological polar surface area (TPSA) is 75.7 Å². The Kier molecular flexibility index (Phi) is 6.29. The van der Waals surface area contributed by atoms with Gasteiger partial charge in [-0.15, -0.1) is 0 Å². The van der Waals surface area contributed by atoms with Gasteiger partial charge in [0.05, 0.1) is 12.0 Å². The van der Waals surface area contributed by atoms with Gasteiger partial charge in [0.15, 0.2) is 0 Å². The molecule has 2 aromatic carbocycles. The number of rotatable bonds is 6. The maximum atomic E-state index is 13.4. The van der Waals surface area contributed by atoms with Crippen LogP contribution < -0.4 is 10.1 Å². The van der Waals surface area contributed by atoms with Crippen molar-refractivity contribution < 1.29 is 17.9 Å². The van der Waals surface area contributed by atoms with E-state index in [4.69, 9.17) is 4.74 Å². The molecule has 0 unspecified atom stereocenters. The van der Waals surface area contributed by atoms with E-state index >= 15 is 0 Å². The van der Waals surface area contributed by atoms with E-state index in [0.29, 0.717) is 41.2 Å². The minimum Gasteiger partial charge on any atom is -0.496 e. The van der Waals surface area contributed by atoms with Gasteiger partial charge in [-0.05, 0) is 50.8 Å². The van der Waals surface area contributed by atoms with Crippen molar-refractivity contribution in [3.8, 4) is 5.75 Å². The molecule has 0 radical (unpaired) electrons. The van der Waals surface area contributed by atoms with E-state index in [-0.39, 0.29) is 12.5 Å². The highest BCUT2D eigenvalue weighted by Crippen LogP contribution is 2.31. The number of methoxy groups -OCH3 is 1. The zero-order chi connectivity index (χ0) is 21.2. The van der Waals surface area contributed by atoms with Gasteiger partial charge in [0, 0.05) is 18.7 Å². The molecule has 1 aliphatic rings. The third-order valence-corrected chi connectivity index (χ3v) is 7.54. The van der Waals surface area contributed by atoms with Crippen LogP contribution in [-0.4, -0.2) is 38.3 Å². The Morgan fingerprint density at radius 1 is 1.17 bits per heavy atom. The fourth-order valence-electron chi connectivity index (χ4n) is 4.13. The summed E-state index contributed by atoms with van der Waals surface area (Å²) < 4.78 is 33.5. The van der Waals surface area contributed by atoms with E-state index in [0.717, 1.165) is 11.1 Å². The number of nitrogens with one attached hydrogen (secondary N) is 1. The number of carbonyl (C=O) groups is 1. The lowest BCUT2D eigenvalue weighted by molar-refractivity contribution is -0.124. The second kappa shape index (κ2) is 8.55. The van der Waals surface area contributed by atoms with Crippen LogP contribution >= 0.6 is 0 Å². The van der Waals surface area contributed by atoms with Gasteiger partial charge in [0.25, 0.3) is 0 Å². The van der Waals surface area contributed by atoms with Gasteiger partial charge in [0.1, 0.15) is 11.8 Å². The summed E-state index contributed by atoms with van der Waals surface area (Å²) in [5.74, 6) is 0.411. The third kappa shape index (κ3) is 4.31. The van der Waals surface area contributed by atoms with Crippen LogP contribution in [-0.2, 0) is 21.4 Å². The monoisotopic (exact) mass is 416 g/mol. The normalized spacial score (nSPS) is 17.3. The first-order valence-electron chi connectivity index (χ1n) is 9.75. The van der Waals surface area contributed by atoms with Crippen molar-refractivity contribution in [3.63, 3.8) is 0 Å². The molecule has 0 aliphatic carbocycles. The van der Waals surface area contributed by atoms with Crippen molar-refractivity contribution in [2.24, 2.45) is 0 Å². The summed E-state index contributed by atoms with van der Waals surface area (Å²) in [6, 6.07) is 10.5. The molecule has 0 bridgehead atoms. The summed E-state index contributed by atoms with van der Waals surface area (Å²) in [7, 11) is -2.18. The SMILES string of the molecule is COc1ccccc1CNC(=O)[C@@H]1CCCN1S(=O)(=O)c1c(C)cc(C)cc1C. The van der Waals surface area contributed by atoms with Gasteiger partial charge < -0.3 is 10.1 Å². The molecule has 0 saturated carbocycles. The number of para-hydroxylation sites is 1. The number of sulfonamides is 1. The van der Waals surface area contributed by atoms with Crippen LogP contribution in [0.5, 0.6) is 5.75 Å². The van der Waals surface area contributed by atoms with Gasteiger partial charge in [-0.3, -0.25) is 4.79 Å². The molecule has 3 rings (SSSR count). The lowest BCUT2D eigenvalue weighted by Gasteiger charge is -2.25. The van der Waals surface area contributed by atoms with E-state index in [1.807, 2.05) is 43.3 Å². The maximum absolute atomic E-state index is 13.4. The highest BCUT2D eigenvalue weighted by atomic mass is 32.2. The van der Waals surface area contributed by atoms with Crippen molar-refractivity contribution in [3.05, 3.63) is 58.7 Å². The quantitative estimate of drug-likeness (QED) is 0.785. The summed E-state index contributed by atoms with van der Waals surface area (Å²) in [4.78, 5) is 13.2. The lowest BCUT2D eigenvalue weighted by atomic mass is 10.1.